The van der Waals surface area contributed by atoms with Gasteiger partial charge in [-0.1, -0.05) is 24.3 Å². The Morgan fingerprint density at radius 1 is 1.00 bits per heavy atom. The molecule has 1 fully saturated rings. The molecule has 1 aliphatic carbocycles. The number of fused-ring (bicyclic) bond motifs is 1. The van der Waals surface area contributed by atoms with Crippen molar-refractivity contribution in [2.45, 2.75) is 38.5 Å². The Bertz CT molecular complexity index is 863. The van der Waals surface area contributed by atoms with Crippen LogP contribution < -0.4 is 20.1 Å². The highest BCUT2D eigenvalue weighted by molar-refractivity contribution is 5.94. The van der Waals surface area contributed by atoms with Gasteiger partial charge < -0.3 is 20.1 Å². The van der Waals surface area contributed by atoms with Gasteiger partial charge in [0.15, 0.2) is 11.5 Å². The predicted octanol–water partition coefficient (Wildman–Crippen LogP) is 2.88. The highest BCUT2D eigenvalue weighted by atomic mass is 16.6. The summed E-state index contributed by atoms with van der Waals surface area (Å²) < 4.78 is 11.6. The van der Waals surface area contributed by atoms with Gasteiger partial charge >= 0.3 is 0 Å². The number of rotatable bonds is 5. The first-order valence-corrected chi connectivity index (χ1v) is 9.20. The predicted molar refractivity (Wildman–Crippen MR) is 101 cm³/mol. The minimum atomic E-state index is -0.711. The van der Waals surface area contributed by atoms with Gasteiger partial charge in [-0.2, -0.15) is 0 Å². The zero-order valence-electron chi connectivity index (χ0n) is 15.1. The maximum atomic E-state index is 12.6. The summed E-state index contributed by atoms with van der Waals surface area (Å²) in [5, 5.41) is 5.81. The molecule has 2 aliphatic rings. The topological polar surface area (TPSA) is 76.7 Å². The Labute approximate surface area is 157 Å². The Hall–Kier alpha value is -3.02. The average molecular weight is 366 g/mol. The van der Waals surface area contributed by atoms with Gasteiger partial charge in [-0.3, -0.25) is 9.59 Å². The molecular formula is C21H22N2O4. The molecule has 2 amide bonds. The van der Waals surface area contributed by atoms with E-state index in [0.29, 0.717) is 18.0 Å². The van der Waals surface area contributed by atoms with Crippen LogP contribution in [0, 0.1) is 5.92 Å². The minimum absolute atomic E-state index is 0.0661. The number of nitrogens with one attached hydrogen (secondary N) is 2. The highest BCUT2D eigenvalue weighted by Crippen LogP contribution is 2.33. The summed E-state index contributed by atoms with van der Waals surface area (Å²) in [5.74, 6) is 1.20. The highest BCUT2D eigenvalue weighted by Gasteiger charge is 2.34. The molecule has 0 radical (unpaired) electrons. The van der Waals surface area contributed by atoms with Crippen molar-refractivity contribution in [1.82, 2.24) is 5.32 Å². The minimum Gasteiger partial charge on any atom is -0.482 e. The molecule has 2 aromatic carbocycles. The van der Waals surface area contributed by atoms with Crippen molar-refractivity contribution >= 4 is 17.5 Å². The first kappa shape index (κ1) is 17.4. The monoisotopic (exact) mass is 366 g/mol. The van der Waals surface area contributed by atoms with E-state index in [4.69, 9.17) is 9.47 Å². The van der Waals surface area contributed by atoms with Gasteiger partial charge in [-0.25, -0.2) is 0 Å². The van der Waals surface area contributed by atoms with Crippen molar-refractivity contribution in [1.29, 1.82) is 0 Å². The van der Waals surface area contributed by atoms with Gasteiger partial charge in [0, 0.05) is 18.2 Å². The van der Waals surface area contributed by atoms with E-state index in [-0.39, 0.29) is 23.8 Å². The Morgan fingerprint density at radius 2 is 1.74 bits per heavy atom. The SMILES string of the molecule is CC1Oc2ccccc2OC1C(=O)NCc1cccc(NC(=O)C2CC2)c1. The van der Waals surface area contributed by atoms with Crippen LogP contribution in [0.4, 0.5) is 5.69 Å². The summed E-state index contributed by atoms with van der Waals surface area (Å²) in [6.45, 7) is 2.16. The fraction of sp³-hybridized carbons (Fsp3) is 0.333. The number of hydrogen-bond donors (Lipinski definition) is 2. The van der Waals surface area contributed by atoms with Gasteiger partial charge in [0.1, 0.15) is 6.10 Å². The number of hydrogen-bond acceptors (Lipinski definition) is 4. The smallest absolute Gasteiger partial charge is 0.265 e. The lowest BCUT2D eigenvalue weighted by Crippen LogP contribution is -2.48. The summed E-state index contributed by atoms with van der Waals surface area (Å²) in [6.07, 6.45) is 0.834. The van der Waals surface area contributed by atoms with Crippen molar-refractivity contribution < 1.29 is 19.1 Å². The van der Waals surface area contributed by atoms with Crippen LogP contribution >= 0.6 is 0 Å². The molecule has 4 rings (SSSR count). The first-order valence-electron chi connectivity index (χ1n) is 9.20. The van der Waals surface area contributed by atoms with Gasteiger partial charge in [0.05, 0.1) is 0 Å². The molecule has 1 heterocycles. The number of carbonyl (C=O) groups is 2. The first-order chi connectivity index (χ1) is 13.1. The second-order valence-corrected chi connectivity index (χ2v) is 6.99. The summed E-state index contributed by atoms with van der Waals surface area (Å²) in [7, 11) is 0. The molecule has 1 saturated carbocycles. The number of benzene rings is 2. The Morgan fingerprint density at radius 3 is 2.48 bits per heavy atom. The lowest BCUT2D eigenvalue weighted by molar-refractivity contribution is -0.133. The van der Waals surface area contributed by atoms with E-state index in [0.717, 1.165) is 24.1 Å². The lowest BCUT2D eigenvalue weighted by atomic mass is 10.1. The standard InChI is InChI=1S/C21H22N2O4/c1-13-19(27-18-8-3-2-7-17(18)26-13)21(25)22-12-14-5-4-6-16(11-14)23-20(24)15-9-10-15/h2-8,11,13,15,19H,9-10,12H2,1H3,(H,22,25)(H,23,24). The molecule has 6 heteroatoms. The van der Waals surface area contributed by atoms with Crippen LogP contribution in [0.15, 0.2) is 48.5 Å². The molecule has 0 bridgehead atoms. The lowest BCUT2D eigenvalue weighted by Gasteiger charge is -2.31. The third-order valence-electron chi connectivity index (χ3n) is 4.71. The Balaban J connectivity index is 1.36. The third-order valence-corrected chi connectivity index (χ3v) is 4.71. The van der Waals surface area contributed by atoms with Crippen LogP contribution in [-0.4, -0.2) is 24.0 Å². The number of para-hydroxylation sites is 2. The fourth-order valence-electron chi connectivity index (χ4n) is 3.04. The fourth-order valence-corrected chi connectivity index (χ4v) is 3.04. The number of amides is 2. The van der Waals surface area contributed by atoms with Crippen LogP contribution in [0.5, 0.6) is 11.5 Å². The van der Waals surface area contributed by atoms with Crippen LogP contribution in [0.25, 0.3) is 0 Å². The van der Waals surface area contributed by atoms with Crippen LogP contribution in [0.2, 0.25) is 0 Å². The molecule has 1 aliphatic heterocycles. The zero-order chi connectivity index (χ0) is 18.8. The molecule has 2 N–H and O–H groups in total. The van der Waals surface area contributed by atoms with Crippen molar-refractivity contribution in [2.24, 2.45) is 5.92 Å². The second-order valence-electron chi connectivity index (χ2n) is 6.99. The number of carbonyl (C=O) groups excluding carboxylic acids is 2. The van der Waals surface area contributed by atoms with E-state index in [2.05, 4.69) is 10.6 Å². The summed E-state index contributed by atoms with van der Waals surface area (Å²) in [6, 6.07) is 14.8. The van der Waals surface area contributed by atoms with E-state index in [9.17, 15) is 9.59 Å². The van der Waals surface area contributed by atoms with E-state index in [1.165, 1.54) is 0 Å². The maximum absolute atomic E-state index is 12.6. The van der Waals surface area contributed by atoms with Gasteiger partial charge in [0.25, 0.3) is 5.91 Å². The number of anilines is 1. The van der Waals surface area contributed by atoms with Gasteiger partial charge in [-0.05, 0) is 49.6 Å². The van der Waals surface area contributed by atoms with Crippen LogP contribution in [-0.2, 0) is 16.1 Å². The summed E-state index contributed by atoms with van der Waals surface area (Å²) >= 11 is 0. The van der Waals surface area contributed by atoms with Crippen molar-refractivity contribution in [3.05, 3.63) is 54.1 Å². The molecule has 0 spiro atoms. The summed E-state index contributed by atoms with van der Waals surface area (Å²) in [5.41, 5.74) is 1.65. The molecule has 2 unspecified atom stereocenters. The molecule has 0 saturated heterocycles. The molecule has 140 valence electrons. The van der Waals surface area contributed by atoms with E-state index < -0.39 is 6.10 Å². The van der Waals surface area contributed by atoms with E-state index in [1.807, 2.05) is 49.4 Å². The van der Waals surface area contributed by atoms with Gasteiger partial charge in [-0.15, -0.1) is 0 Å². The summed E-state index contributed by atoms with van der Waals surface area (Å²) in [4.78, 5) is 24.5. The molecule has 2 aromatic rings. The quantitative estimate of drug-likeness (QED) is 0.853. The van der Waals surface area contributed by atoms with Crippen molar-refractivity contribution in [2.75, 3.05) is 5.32 Å². The second kappa shape index (κ2) is 7.31. The average Bonchev–Trinajstić information content (AvgIpc) is 3.51. The van der Waals surface area contributed by atoms with Crippen LogP contribution in [0.1, 0.15) is 25.3 Å². The Kier molecular flexibility index (Phi) is 4.71. The molecule has 2 atom stereocenters. The molecular weight excluding hydrogens is 344 g/mol. The van der Waals surface area contributed by atoms with E-state index >= 15 is 0 Å². The normalized spacial score (nSPS) is 20.6. The van der Waals surface area contributed by atoms with Crippen molar-refractivity contribution in [3.8, 4) is 11.5 Å². The molecule has 6 nitrogen and oxygen atoms in total. The zero-order valence-corrected chi connectivity index (χ0v) is 15.1. The maximum Gasteiger partial charge on any atom is 0.265 e. The molecule has 27 heavy (non-hydrogen) atoms. The number of ether oxygens (including phenoxy) is 2. The third kappa shape index (κ3) is 4.05. The molecule has 0 aromatic heterocycles. The largest absolute Gasteiger partial charge is 0.482 e. The van der Waals surface area contributed by atoms with Gasteiger partial charge in [0.2, 0.25) is 12.0 Å². The van der Waals surface area contributed by atoms with Crippen LogP contribution in [0.3, 0.4) is 0 Å². The van der Waals surface area contributed by atoms with E-state index in [1.54, 1.807) is 6.07 Å². The van der Waals surface area contributed by atoms with Crippen molar-refractivity contribution in [3.63, 3.8) is 0 Å².